The van der Waals surface area contributed by atoms with Crippen LogP contribution in [0.3, 0.4) is 0 Å². The van der Waals surface area contributed by atoms with Crippen molar-refractivity contribution in [3.63, 3.8) is 0 Å². The molecule has 26 heavy (non-hydrogen) atoms. The lowest BCUT2D eigenvalue weighted by atomic mass is 9.86. The zero-order chi connectivity index (χ0) is 18.7. The van der Waals surface area contributed by atoms with Gasteiger partial charge in [0.2, 0.25) is 0 Å². The Morgan fingerprint density at radius 3 is 2.50 bits per heavy atom. The lowest BCUT2D eigenvalue weighted by Gasteiger charge is -2.45. The van der Waals surface area contributed by atoms with Crippen LogP contribution in [0, 0.1) is 0 Å². The van der Waals surface area contributed by atoms with E-state index in [1.165, 1.54) is 24.1 Å². The molecule has 1 heterocycles. The Bertz CT molecular complexity index is 618. The monoisotopic (exact) mass is 359 g/mol. The molecular formula is C21H33N3O2. The van der Waals surface area contributed by atoms with Gasteiger partial charge in [0, 0.05) is 23.8 Å². The Morgan fingerprint density at radius 2 is 1.81 bits per heavy atom. The van der Waals surface area contributed by atoms with Crippen LogP contribution < -0.4 is 15.8 Å². The third-order valence-electron chi connectivity index (χ3n) is 5.44. The molecule has 1 fully saturated rings. The number of amides is 1. The molecule has 5 heteroatoms. The molecule has 0 bridgehead atoms. The molecule has 0 aromatic heterocycles. The van der Waals surface area contributed by atoms with Crippen LogP contribution in [-0.2, 0) is 11.2 Å². The van der Waals surface area contributed by atoms with Gasteiger partial charge in [-0.1, -0.05) is 18.2 Å². The second-order valence-electron chi connectivity index (χ2n) is 8.70. The maximum absolute atomic E-state index is 11.8. The number of carbonyl (C=O) groups is 1. The number of nitrogens with one attached hydrogen (secondary N) is 2. The van der Waals surface area contributed by atoms with Gasteiger partial charge in [-0.3, -0.25) is 5.43 Å². The highest BCUT2D eigenvalue weighted by molar-refractivity contribution is 5.67. The van der Waals surface area contributed by atoms with Crippen molar-refractivity contribution in [1.29, 1.82) is 0 Å². The highest BCUT2D eigenvalue weighted by atomic mass is 16.6. The summed E-state index contributed by atoms with van der Waals surface area (Å²) in [6, 6.07) is 10.4. The number of nitrogens with zero attached hydrogens (tertiary/aromatic N) is 1. The summed E-state index contributed by atoms with van der Waals surface area (Å²) in [5.74, 6) is 0. The third-order valence-corrected chi connectivity index (χ3v) is 5.44. The molecule has 0 radical (unpaired) electrons. The van der Waals surface area contributed by atoms with E-state index < -0.39 is 11.7 Å². The molecule has 1 amide bonds. The fourth-order valence-electron chi connectivity index (χ4n) is 4.23. The SMILES string of the molecule is C[C@@H]1CCc2ccccc2N1C1CCC(NNC(=O)OC(C)(C)C)CC1. The minimum Gasteiger partial charge on any atom is -0.443 e. The van der Waals surface area contributed by atoms with Gasteiger partial charge in [-0.05, 0) is 77.8 Å². The average Bonchev–Trinajstić information content (AvgIpc) is 2.59. The summed E-state index contributed by atoms with van der Waals surface area (Å²) in [5.41, 5.74) is 8.30. The van der Waals surface area contributed by atoms with Crippen molar-refractivity contribution in [1.82, 2.24) is 10.9 Å². The first-order valence-electron chi connectivity index (χ1n) is 9.94. The molecule has 1 saturated carbocycles. The summed E-state index contributed by atoms with van der Waals surface area (Å²) in [4.78, 5) is 14.4. The van der Waals surface area contributed by atoms with Crippen molar-refractivity contribution in [3.8, 4) is 0 Å². The van der Waals surface area contributed by atoms with Crippen molar-refractivity contribution in [2.45, 2.75) is 89.9 Å². The largest absolute Gasteiger partial charge is 0.443 e. The lowest BCUT2D eigenvalue weighted by Crippen LogP contribution is -2.51. The van der Waals surface area contributed by atoms with E-state index in [0.29, 0.717) is 18.1 Å². The van der Waals surface area contributed by atoms with E-state index in [2.05, 4.69) is 46.9 Å². The second kappa shape index (κ2) is 7.87. The molecule has 1 aliphatic heterocycles. The number of carbonyl (C=O) groups excluding carboxylic acids is 1. The van der Waals surface area contributed by atoms with Crippen LogP contribution in [-0.4, -0.2) is 29.8 Å². The van der Waals surface area contributed by atoms with Crippen LogP contribution in [0.15, 0.2) is 24.3 Å². The van der Waals surface area contributed by atoms with E-state index in [4.69, 9.17) is 4.74 Å². The van der Waals surface area contributed by atoms with Gasteiger partial charge in [0.1, 0.15) is 5.60 Å². The molecule has 0 unspecified atom stereocenters. The van der Waals surface area contributed by atoms with E-state index in [1.807, 2.05) is 20.8 Å². The molecule has 2 N–H and O–H groups in total. The Hall–Kier alpha value is -1.75. The number of anilines is 1. The fourth-order valence-corrected chi connectivity index (χ4v) is 4.23. The van der Waals surface area contributed by atoms with Gasteiger partial charge in [-0.2, -0.15) is 0 Å². The summed E-state index contributed by atoms with van der Waals surface area (Å²) in [6.45, 7) is 7.96. The molecule has 0 spiro atoms. The maximum atomic E-state index is 11.8. The minimum absolute atomic E-state index is 0.314. The highest BCUT2D eigenvalue weighted by Gasteiger charge is 2.32. The number of benzene rings is 1. The topological polar surface area (TPSA) is 53.6 Å². The van der Waals surface area contributed by atoms with E-state index >= 15 is 0 Å². The number of ether oxygens (including phenoxy) is 1. The second-order valence-corrected chi connectivity index (χ2v) is 8.70. The van der Waals surface area contributed by atoms with Crippen LogP contribution >= 0.6 is 0 Å². The summed E-state index contributed by atoms with van der Waals surface area (Å²) < 4.78 is 5.28. The molecular weight excluding hydrogens is 326 g/mol. The first kappa shape index (κ1) is 19.0. The van der Waals surface area contributed by atoms with Crippen molar-refractivity contribution in [2.24, 2.45) is 0 Å². The number of hydrogen-bond acceptors (Lipinski definition) is 4. The molecule has 0 saturated heterocycles. The molecule has 5 nitrogen and oxygen atoms in total. The minimum atomic E-state index is -0.471. The van der Waals surface area contributed by atoms with Gasteiger partial charge in [0.15, 0.2) is 0 Å². The van der Waals surface area contributed by atoms with Crippen LogP contribution in [0.25, 0.3) is 0 Å². The van der Waals surface area contributed by atoms with Crippen LogP contribution in [0.1, 0.15) is 65.4 Å². The number of hydrazine groups is 1. The predicted octanol–water partition coefficient (Wildman–Crippen LogP) is 4.17. The molecule has 1 aliphatic carbocycles. The fraction of sp³-hybridized carbons (Fsp3) is 0.667. The van der Waals surface area contributed by atoms with E-state index in [0.717, 1.165) is 25.7 Å². The molecule has 144 valence electrons. The number of para-hydroxylation sites is 1. The standard InChI is InChI=1S/C21H33N3O2/c1-15-9-10-16-7-5-6-8-19(16)24(15)18-13-11-17(12-14-18)22-23-20(25)26-21(2,3)4/h5-8,15,17-18,22H,9-14H2,1-4H3,(H,23,25)/t15-,17?,18?/m1/s1. The molecule has 1 atom stereocenters. The van der Waals surface area contributed by atoms with Crippen LogP contribution in [0.2, 0.25) is 0 Å². The van der Waals surface area contributed by atoms with Gasteiger partial charge < -0.3 is 9.64 Å². The number of rotatable bonds is 3. The average molecular weight is 360 g/mol. The van der Waals surface area contributed by atoms with Crippen LogP contribution in [0.4, 0.5) is 10.5 Å². The molecule has 1 aromatic carbocycles. The molecule has 1 aromatic rings. The lowest BCUT2D eigenvalue weighted by molar-refractivity contribution is 0.0481. The first-order chi connectivity index (χ1) is 12.3. The zero-order valence-corrected chi connectivity index (χ0v) is 16.5. The quantitative estimate of drug-likeness (QED) is 0.796. The summed E-state index contributed by atoms with van der Waals surface area (Å²) >= 11 is 0. The Kier molecular flexibility index (Phi) is 5.76. The van der Waals surface area contributed by atoms with Crippen LogP contribution in [0.5, 0.6) is 0 Å². The highest BCUT2D eigenvalue weighted by Crippen LogP contribution is 2.36. The third kappa shape index (κ3) is 4.70. The smallest absolute Gasteiger partial charge is 0.422 e. The molecule has 3 rings (SSSR count). The number of aryl methyl sites for hydroxylation is 1. The normalized spacial score (nSPS) is 26.2. The summed E-state index contributed by atoms with van der Waals surface area (Å²) in [7, 11) is 0. The van der Waals surface area contributed by atoms with Gasteiger partial charge in [-0.15, -0.1) is 0 Å². The van der Waals surface area contributed by atoms with Crippen molar-refractivity contribution < 1.29 is 9.53 Å². The van der Waals surface area contributed by atoms with Gasteiger partial charge in [-0.25, -0.2) is 10.2 Å². The predicted molar refractivity (Wildman–Crippen MR) is 105 cm³/mol. The van der Waals surface area contributed by atoms with Crippen molar-refractivity contribution in [3.05, 3.63) is 29.8 Å². The van der Waals surface area contributed by atoms with Crippen molar-refractivity contribution >= 4 is 11.8 Å². The zero-order valence-electron chi connectivity index (χ0n) is 16.5. The Balaban J connectivity index is 1.52. The van der Waals surface area contributed by atoms with Gasteiger partial charge >= 0.3 is 6.09 Å². The Morgan fingerprint density at radius 1 is 1.12 bits per heavy atom. The van der Waals surface area contributed by atoms with Gasteiger partial charge in [0.05, 0.1) is 0 Å². The van der Waals surface area contributed by atoms with E-state index in [-0.39, 0.29) is 0 Å². The Labute approximate surface area is 157 Å². The summed E-state index contributed by atoms with van der Waals surface area (Å²) in [6.07, 6.45) is 6.43. The van der Waals surface area contributed by atoms with Crippen molar-refractivity contribution in [2.75, 3.05) is 4.90 Å². The maximum Gasteiger partial charge on any atom is 0.422 e. The van der Waals surface area contributed by atoms with E-state index in [9.17, 15) is 4.79 Å². The number of hydrogen-bond donors (Lipinski definition) is 2. The first-order valence-corrected chi connectivity index (χ1v) is 9.94. The van der Waals surface area contributed by atoms with Gasteiger partial charge in [0.25, 0.3) is 0 Å². The molecule has 2 aliphatic rings. The summed E-state index contributed by atoms with van der Waals surface area (Å²) in [5, 5.41) is 0. The number of fused-ring (bicyclic) bond motifs is 1. The van der Waals surface area contributed by atoms with E-state index in [1.54, 1.807) is 0 Å².